The van der Waals surface area contributed by atoms with Crippen LogP contribution in [0.5, 0.6) is 0 Å². The van der Waals surface area contributed by atoms with E-state index < -0.39 is 0 Å². The maximum atomic E-state index is 13.4. The van der Waals surface area contributed by atoms with Gasteiger partial charge in [0.1, 0.15) is 0 Å². The Bertz CT molecular complexity index is 1290. The lowest BCUT2D eigenvalue weighted by Gasteiger charge is -2.32. The summed E-state index contributed by atoms with van der Waals surface area (Å²) in [6.07, 6.45) is 2.89. The van der Waals surface area contributed by atoms with E-state index in [4.69, 9.17) is 27.9 Å². The number of hydrogen-bond donors (Lipinski definition) is 2. The standard InChI is InChI=1S/C28H27Cl2N3O3/c29-20-7-9-23(25(30)14-20)28(35)32-21-8-10-26(33-12-11-18-4-1-2-5-19(18)17-33)24(15-21)27(34)31-16-22-6-3-13-36-22/h1-2,4-5,7-10,14-15,22H,3,6,11-13,16-17H2,(H,31,34)(H,32,35). The second-order valence-electron chi connectivity index (χ2n) is 9.10. The Hall–Kier alpha value is -3.06. The molecule has 2 N–H and O–H groups in total. The highest BCUT2D eigenvalue weighted by molar-refractivity contribution is 6.37. The minimum atomic E-state index is -0.373. The van der Waals surface area contributed by atoms with Crippen molar-refractivity contribution in [1.82, 2.24) is 5.32 Å². The van der Waals surface area contributed by atoms with E-state index in [1.807, 2.05) is 18.2 Å². The smallest absolute Gasteiger partial charge is 0.257 e. The first-order chi connectivity index (χ1) is 17.5. The SMILES string of the molecule is O=C(Nc1ccc(N2CCc3ccccc3C2)c(C(=O)NCC2CCCO2)c1)c1ccc(Cl)cc1Cl. The van der Waals surface area contributed by atoms with Crippen LogP contribution in [-0.4, -0.2) is 37.6 Å². The van der Waals surface area contributed by atoms with Crippen molar-refractivity contribution in [3.8, 4) is 0 Å². The average molecular weight is 524 g/mol. The molecular weight excluding hydrogens is 497 g/mol. The number of anilines is 2. The maximum Gasteiger partial charge on any atom is 0.257 e. The van der Waals surface area contributed by atoms with Crippen LogP contribution in [0, 0.1) is 0 Å². The molecule has 0 aromatic heterocycles. The van der Waals surface area contributed by atoms with E-state index in [1.54, 1.807) is 18.2 Å². The predicted molar refractivity (Wildman–Crippen MR) is 143 cm³/mol. The van der Waals surface area contributed by atoms with Crippen molar-refractivity contribution in [2.24, 2.45) is 0 Å². The van der Waals surface area contributed by atoms with Gasteiger partial charge in [0.25, 0.3) is 11.8 Å². The summed E-state index contributed by atoms with van der Waals surface area (Å²) in [6, 6.07) is 18.5. The van der Waals surface area contributed by atoms with E-state index in [9.17, 15) is 9.59 Å². The van der Waals surface area contributed by atoms with Gasteiger partial charge in [0, 0.05) is 42.6 Å². The van der Waals surface area contributed by atoms with E-state index in [0.29, 0.717) is 34.9 Å². The van der Waals surface area contributed by atoms with Crippen LogP contribution in [0.4, 0.5) is 11.4 Å². The zero-order valence-corrected chi connectivity index (χ0v) is 21.2. The lowest BCUT2D eigenvalue weighted by Crippen LogP contribution is -2.35. The highest BCUT2D eigenvalue weighted by Gasteiger charge is 2.24. The molecular formula is C28H27Cl2N3O3. The maximum absolute atomic E-state index is 13.4. The number of carbonyl (C=O) groups is 2. The molecule has 3 aromatic rings. The Morgan fingerprint density at radius 1 is 0.972 bits per heavy atom. The molecule has 1 saturated heterocycles. The van der Waals surface area contributed by atoms with Gasteiger partial charge in [0.2, 0.25) is 0 Å². The number of amides is 2. The van der Waals surface area contributed by atoms with Crippen molar-refractivity contribution in [2.75, 3.05) is 29.9 Å². The van der Waals surface area contributed by atoms with Crippen LogP contribution in [0.2, 0.25) is 10.0 Å². The molecule has 0 spiro atoms. The minimum Gasteiger partial charge on any atom is -0.376 e. The molecule has 1 unspecified atom stereocenters. The van der Waals surface area contributed by atoms with E-state index >= 15 is 0 Å². The molecule has 1 fully saturated rings. The van der Waals surface area contributed by atoms with Crippen LogP contribution >= 0.6 is 23.2 Å². The van der Waals surface area contributed by atoms with Gasteiger partial charge in [0.15, 0.2) is 0 Å². The number of hydrogen-bond acceptors (Lipinski definition) is 4. The highest BCUT2D eigenvalue weighted by atomic mass is 35.5. The largest absolute Gasteiger partial charge is 0.376 e. The first-order valence-corrected chi connectivity index (χ1v) is 12.9. The second kappa shape index (κ2) is 10.9. The van der Waals surface area contributed by atoms with Crippen molar-refractivity contribution in [3.63, 3.8) is 0 Å². The molecule has 186 valence electrons. The Morgan fingerprint density at radius 2 is 1.81 bits per heavy atom. The molecule has 6 nitrogen and oxygen atoms in total. The number of halogens is 2. The average Bonchev–Trinajstić information content (AvgIpc) is 3.40. The van der Waals surface area contributed by atoms with Gasteiger partial charge in [-0.1, -0.05) is 47.5 Å². The Morgan fingerprint density at radius 3 is 2.58 bits per heavy atom. The third-order valence-electron chi connectivity index (χ3n) is 6.66. The molecule has 36 heavy (non-hydrogen) atoms. The van der Waals surface area contributed by atoms with Crippen molar-refractivity contribution < 1.29 is 14.3 Å². The molecule has 5 rings (SSSR count). The van der Waals surface area contributed by atoms with E-state index in [2.05, 4.69) is 33.7 Å². The zero-order chi connectivity index (χ0) is 25.1. The van der Waals surface area contributed by atoms with Crippen LogP contribution in [0.1, 0.15) is 44.7 Å². The van der Waals surface area contributed by atoms with Crippen molar-refractivity contribution in [2.45, 2.75) is 31.9 Å². The monoisotopic (exact) mass is 523 g/mol. The summed E-state index contributed by atoms with van der Waals surface area (Å²) in [5.41, 5.74) is 4.74. The number of nitrogens with one attached hydrogen (secondary N) is 2. The van der Waals surface area contributed by atoms with Gasteiger partial charge in [-0.05, 0) is 66.8 Å². The first kappa shape index (κ1) is 24.6. The topological polar surface area (TPSA) is 70.7 Å². The lowest BCUT2D eigenvalue weighted by atomic mass is 9.98. The second-order valence-corrected chi connectivity index (χ2v) is 9.94. The van der Waals surface area contributed by atoms with Crippen molar-refractivity contribution in [3.05, 3.63) is 93.0 Å². The molecule has 0 saturated carbocycles. The Labute approximate surface area is 220 Å². The van der Waals surface area contributed by atoms with Crippen LogP contribution < -0.4 is 15.5 Å². The van der Waals surface area contributed by atoms with Crippen LogP contribution in [0.25, 0.3) is 0 Å². The number of fused-ring (bicyclic) bond motifs is 1. The molecule has 3 aromatic carbocycles. The van der Waals surface area contributed by atoms with Gasteiger partial charge in [0.05, 0.1) is 22.3 Å². The molecule has 1 atom stereocenters. The van der Waals surface area contributed by atoms with E-state index in [-0.39, 0.29) is 22.9 Å². The Kier molecular flexibility index (Phi) is 7.46. The lowest BCUT2D eigenvalue weighted by molar-refractivity contribution is 0.0858. The zero-order valence-electron chi connectivity index (χ0n) is 19.7. The van der Waals surface area contributed by atoms with Crippen LogP contribution in [0.15, 0.2) is 60.7 Å². The fraction of sp³-hybridized carbons (Fsp3) is 0.286. The molecule has 2 heterocycles. The van der Waals surface area contributed by atoms with Crippen molar-refractivity contribution in [1.29, 1.82) is 0 Å². The number of nitrogens with zero attached hydrogens (tertiary/aromatic N) is 1. The summed E-state index contributed by atoms with van der Waals surface area (Å²) >= 11 is 12.2. The third kappa shape index (κ3) is 5.51. The fourth-order valence-corrected chi connectivity index (χ4v) is 5.25. The molecule has 2 aliphatic heterocycles. The number of ether oxygens (including phenoxy) is 1. The number of carbonyl (C=O) groups excluding carboxylic acids is 2. The minimum absolute atomic E-state index is 0.0363. The van der Waals surface area contributed by atoms with Gasteiger partial charge < -0.3 is 20.3 Å². The molecule has 0 aliphatic carbocycles. The fourth-order valence-electron chi connectivity index (χ4n) is 4.75. The highest BCUT2D eigenvalue weighted by Crippen LogP contribution is 2.30. The van der Waals surface area contributed by atoms with Gasteiger partial charge in [-0.25, -0.2) is 0 Å². The van der Waals surface area contributed by atoms with Gasteiger partial charge in [-0.3, -0.25) is 9.59 Å². The van der Waals surface area contributed by atoms with E-state index in [1.165, 1.54) is 17.2 Å². The van der Waals surface area contributed by atoms with Crippen molar-refractivity contribution >= 4 is 46.4 Å². The third-order valence-corrected chi connectivity index (χ3v) is 7.21. The van der Waals surface area contributed by atoms with Gasteiger partial charge in [-0.2, -0.15) is 0 Å². The predicted octanol–water partition coefficient (Wildman–Crippen LogP) is 5.72. The number of benzene rings is 3. The summed E-state index contributed by atoms with van der Waals surface area (Å²) in [5.74, 6) is -0.568. The summed E-state index contributed by atoms with van der Waals surface area (Å²) in [5, 5.41) is 6.61. The summed E-state index contributed by atoms with van der Waals surface area (Å²) in [4.78, 5) is 28.5. The Balaban J connectivity index is 1.41. The quantitative estimate of drug-likeness (QED) is 0.433. The summed E-state index contributed by atoms with van der Waals surface area (Å²) in [6.45, 7) is 2.70. The molecule has 2 amide bonds. The summed E-state index contributed by atoms with van der Waals surface area (Å²) in [7, 11) is 0. The summed E-state index contributed by atoms with van der Waals surface area (Å²) < 4.78 is 5.67. The normalized spacial score (nSPS) is 16.9. The molecule has 2 aliphatic rings. The van der Waals surface area contributed by atoms with Crippen LogP contribution in [-0.2, 0) is 17.7 Å². The van der Waals surface area contributed by atoms with E-state index in [0.717, 1.165) is 38.1 Å². The van der Waals surface area contributed by atoms with Gasteiger partial charge >= 0.3 is 0 Å². The molecule has 0 bridgehead atoms. The molecule has 0 radical (unpaired) electrons. The van der Waals surface area contributed by atoms with Gasteiger partial charge in [-0.15, -0.1) is 0 Å². The molecule has 8 heteroatoms. The van der Waals surface area contributed by atoms with Crippen LogP contribution in [0.3, 0.4) is 0 Å². The number of rotatable bonds is 6. The first-order valence-electron chi connectivity index (χ1n) is 12.1.